The highest BCUT2D eigenvalue weighted by Crippen LogP contribution is 2.18. The second-order valence-corrected chi connectivity index (χ2v) is 7.50. The summed E-state index contributed by atoms with van der Waals surface area (Å²) in [5, 5.41) is 9.90. The molecule has 1 saturated heterocycles. The number of piperazine rings is 1. The predicted octanol–water partition coefficient (Wildman–Crippen LogP) is 2.75. The Morgan fingerprint density at radius 3 is 2.58 bits per heavy atom. The summed E-state index contributed by atoms with van der Waals surface area (Å²) in [6, 6.07) is 11.8. The zero-order chi connectivity index (χ0) is 18.6. The van der Waals surface area contributed by atoms with Gasteiger partial charge in [0.2, 0.25) is 0 Å². The van der Waals surface area contributed by atoms with Crippen molar-refractivity contribution in [3.63, 3.8) is 0 Å². The van der Waals surface area contributed by atoms with E-state index in [0.29, 0.717) is 19.5 Å². The fourth-order valence-electron chi connectivity index (χ4n) is 3.20. The molecule has 0 atom stereocenters. The van der Waals surface area contributed by atoms with Crippen LogP contribution in [0.5, 0.6) is 0 Å². The van der Waals surface area contributed by atoms with Gasteiger partial charge in [-0.25, -0.2) is 0 Å². The van der Waals surface area contributed by atoms with E-state index >= 15 is 0 Å². The molecule has 1 aliphatic heterocycles. The largest absolute Gasteiger partial charge is 0.390 e. The Kier molecular flexibility index (Phi) is 5.57. The third-order valence-electron chi connectivity index (χ3n) is 4.78. The SMILES string of the molecule is CC(C)(O)CCc1cccc(C(=O)N2CCN(c3cccnc3)CC2)c1. The number of hydrogen-bond donors (Lipinski definition) is 1. The first-order valence-corrected chi connectivity index (χ1v) is 9.18. The van der Waals surface area contributed by atoms with E-state index in [2.05, 4.69) is 16.0 Å². The average Bonchev–Trinajstić information content (AvgIpc) is 2.66. The fourth-order valence-corrected chi connectivity index (χ4v) is 3.20. The summed E-state index contributed by atoms with van der Waals surface area (Å²) < 4.78 is 0. The number of anilines is 1. The molecule has 1 amide bonds. The van der Waals surface area contributed by atoms with Gasteiger partial charge >= 0.3 is 0 Å². The van der Waals surface area contributed by atoms with E-state index in [1.54, 1.807) is 6.20 Å². The van der Waals surface area contributed by atoms with Crippen LogP contribution in [0.4, 0.5) is 5.69 Å². The molecule has 1 aromatic carbocycles. The molecular formula is C21H27N3O2. The van der Waals surface area contributed by atoms with E-state index in [9.17, 15) is 9.90 Å². The molecule has 0 radical (unpaired) electrons. The lowest BCUT2D eigenvalue weighted by Crippen LogP contribution is -2.48. The molecule has 26 heavy (non-hydrogen) atoms. The van der Waals surface area contributed by atoms with Crippen molar-refractivity contribution in [2.45, 2.75) is 32.3 Å². The van der Waals surface area contributed by atoms with Crippen molar-refractivity contribution in [1.82, 2.24) is 9.88 Å². The molecule has 2 aromatic rings. The van der Waals surface area contributed by atoms with Gasteiger partial charge in [0.25, 0.3) is 5.91 Å². The van der Waals surface area contributed by atoms with Crippen molar-refractivity contribution < 1.29 is 9.90 Å². The van der Waals surface area contributed by atoms with Crippen LogP contribution in [-0.2, 0) is 6.42 Å². The minimum atomic E-state index is -0.692. The maximum atomic E-state index is 12.8. The van der Waals surface area contributed by atoms with Crippen molar-refractivity contribution in [1.29, 1.82) is 0 Å². The number of pyridine rings is 1. The summed E-state index contributed by atoms with van der Waals surface area (Å²) in [6.07, 6.45) is 5.08. The number of nitrogens with zero attached hydrogens (tertiary/aromatic N) is 3. The van der Waals surface area contributed by atoms with Crippen molar-refractivity contribution in [3.05, 3.63) is 59.9 Å². The van der Waals surface area contributed by atoms with Gasteiger partial charge < -0.3 is 14.9 Å². The highest BCUT2D eigenvalue weighted by atomic mass is 16.3. The number of carbonyl (C=O) groups excluding carboxylic acids is 1. The molecule has 0 bridgehead atoms. The van der Waals surface area contributed by atoms with Gasteiger partial charge in [0, 0.05) is 37.9 Å². The summed E-state index contributed by atoms with van der Waals surface area (Å²) in [5.74, 6) is 0.0842. The minimum absolute atomic E-state index is 0.0842. The third kappa shape index (κ3) is 4.82. The lowest BCUT2D eigenvalue weighted by molar-refractivity contribution is 0.0714. The topological polar surface area (TPSA) is 56.7 Å². The van der Waals surface area contributed by atoms with Crippen molar-refractivity contribution in [2.75, 3.05) is 31.1 Å². The Balaban J connectivity index is 1.60. The van der Waals surface area contributed by atoms with Gasteiger partial charge in [-0.3, -0.25) is 9.78 Å². The van der Waals surface area contributed by atoms with E-state index in [4.69, 9.17) is 0 Å². The van der Waals surface area contributed by atoms with E-state index in [0.717, 1.165) is 36.3 Å². The van der Waals surface area contributed by atoms with Gasteiger partial charge in [-0.05, 0) is 56.5 Å². The molecule has 0 saturated carbocycles. The first-order valence-electron chi connectivity index (χ1n) is 9.18. The second kappa shape index (κ2) is 7.87. The normalized spacial score (nSPS) is 15.2. The van der Waals surface area contributed by atoms with Crippen LogP contribution in [0.1, 0.15) is 36.2 Å². The van der Waals surface area contributed by atoms with Crippen LogP contribution >= 0.6 is 0 Å². The number of amides is 1. The summed E-state index contributed by atoms with van der Waals surface area (Å²) in [4.78, 5) is 21.2. The molecule has 2 heterocycles. The Bertz CT molecular complexity index is 732. The lowest BCUT2D eigenvalue weighted by Gasteiger charge is -2.36. The number of aryl methyl sites for hydroxylation is 1. The van der Waals surface area contributed by atoms with Gasteiger partial charge in [-0.2, -0.15) is 0 Å². The molecule has 138 valence electrons. The van der Waals surface area contributed by atoms with Gasteiger partial charge in [-0.15, -0.1) is 0 Å². The maximum Gasteiger partial charge on any atom is 0.253 e. The molecule has 5 heteroatoms. The first-order chi connectivity index (χ1) is 12.4. The smallest absolute Gasteiger partial charge is 0.253 e. The minimum Gasteiger partial charge on any atom is -0.390 e. The number of carbonyl (C=O) groups is 1. The quantitative estimate of drug-likeness (QED) is 0.898. The monoisotopic (exact) mass is 353 g/mol. The highest BCUT2D eigenvalue weighted by Gasteiger charge is 2.22. The molecule has 1 aliphatic rings. The molecule has 0 aliphatic carbocycles. The molecule has 0 spiro atoms. The van der Waals surface area contributed by atoms with Crippen LogP contribution in [0.3, 0.4) is 0 Å². The van der Waals surface area contributed by atoms with Crippen LogP contribution in [-0.4, -0.2) is 52.7 Å². The summed E-state index contributed by atoms with van der Waals surface area (Å²) in [6.45, 7) is 6.67. The molecule has 0 unspecified atom stereocenters. The molecule has 1 fully saturated rings. The fraction of sp³-hybridized carbons (Fsp3) is 0.429. The lowest BCUT2D eigenvalue weighted by atomic mass is 9.97. The van der Waals surface area contributed by atoms with E-state index in [1.165, 1.54) is 0 Å². The third-order valence-corrected chi connectivity index (χ3v) is 4.78. The predicted molar refractivity (Wildman–Crippen MR) is 103 cm³/mol. The van der Waals surface area contributed by atoms with Crippen molar-refractivity contribution in [3.8, 4) is 0 Å². The first kappa shape index (κ1) is 18.4. The van der Waals surface area contributed by atoms with Gasteiger partial charge in [0.1, 0.15) is 0 Å². The van der Waals surface area contributed by atoms with E-state index < -0.39 is 5.60 Å². The van der Waals surface area contributed by atoms with Gasteiger partial charge in [0.15, 0.2) is 0 Å². The number of rotatable bonds is 5. The van der Waals surface area contributed by atoms with Crippen LogP contribution in [0.15, 0.2) is 48.8 Å². The Labute approximate surface area is 155 Å². The standard InChI is InChI=1S/C21H27N3O2/c1-21(2,26)9-8-17-5-3-6-18(15-17)20(25)24-13-11-23(12-14-24)19-7-4-10-22-16-19/h3-7,10,15-16,26H,8-9,11-14H2,1-2H3. The second-order valence-electron chi connectivity index (χ2n) is 7.50. The summed E-state index contributed by atoms with van der Waals surface area (Å²) >= 11 is 0. The number of aromatic nitrogens is 1. The maximum absolute atomic E-state index is 12.8. The van der Waals surface area contributed by atoms with Gasteiger partial charge in [0.05, 0.1) is 17.5 Å². The molecule has 5 nitrogen and oxygen atoms in total. The number of benzene rings is 1. The Morgan fingerprint density at radius 2 is 1.92 bits per heavy atom. The average molecular weight is 353 g/mol. The Morgan fingerprint density at radius 1 is 1.15 bits per heavy atom. The van der Waals surface area contributed by atoms with E-state index in [-0.39, 0.29) is 5.91 Å². The van der Waals surface area contributed by atoms with Crippen LogP contribution in [0.25, 0.3) is 0 Å². The van der Waals surface area contributed by atoms with Crippen LogP contribution < -0.4 is 4.90 Å². The molecular weight excluding hydrogens is 326 g/mol. The zero-order valence-corrected chi connectivity index (χ0v) is 15.6. The molecule has 3 rings (SSSR count). The van der Waals surface area contributed by atoms with Crippen molar-refractivity contribution >= 4 is 11.6 Å². The number of aliphatic hydroxyl groups is 1. The van der Waals surface area contributed by atoms with Crippen molar-refractivity contribution in [2.24, 2.45) is 0 Å². The highest BCUT2D eigenvalue weighted by molar-refractivity contribution is 5.94. The Hall–Kier alpha value is -2.40. The molecule has 1 N–H and O–H groups in total. The zero-order valence-electron chi connectivity index (χ0n) is 15.6. The van der Waals surface area contributed by atoms with Gasteiger partial charge in [-0.1, -0.05) is 12.1 Å². The summed E-state index contributed by atoms with van der Waals surface area (Å²) in [5.41, 5.74) is 2.23. The van der Waals surface area contributed by atoms with E-state index in [1.807, 2.05) is 55.3 Å². The van der Waals surface area contributed by atoms with Crippen LogP contribution in [0, 0.1) is 0 Å². The summed E-state index contributed by atoms with van der Waals surface area (Å²) in [7, 11) is 0. The number of hydrogen-bond acceptors (Lipinski definition) is 4. The van der Waals surface area contributed by atoms with Crippen LogP contribution in [0.2, 0.25) is 0 Å². The molecule has 1 aromatic heterocycles.